The van der Waals surface area contributed by atoms with Gasteiger partial charge in [0, 0.05) is 0 Å². The van der Waals surface area contributed by atoms with E-state index >= 15 is 0 Å². The van der Waals surface area contributed by atoms with Gasteiger partial charge in [-0.2, -0.15) is 0 Å². The zero-order chi connectivity index (χ0) is 6.57. The van der Waals surface area contributed by atoms with Crippen molar-refractivity contribution in [1.82, 2.24) is 0 Å². The van der Waals surface area contributed by atoms with E-state index in [-0.39, 0.29) is 5.92 Å². The highest BCUT2D eigenvalue weighted by Crippen LogP contribution is 2.02. The highest BCUT2D eigenvalue weighted by molar-refractivity contribution is 4.72. The molecule has 0 bridgehead atoms. The first-order valence-electron chi connectivity index (χ1n) is 2.73. The lowest BCUT2D eigenvalue weighted by Crippen LogP contribution is -2.26. The third-order valence-corrected chi connectivity index (χ3v) is 1.12. The van der Waals surface area contributed by atoms with E-state index in [9.17, 15) is 0 Å². The quantitative estimate of drug-likeness (QED) is 0.415. The Kier molecular flexibility index (Phi) is 3.48. The highest BCUT2D eigenvalue weighted by atomic mass is 16.3. The minimum absolute atomic E-state index is 0.132. The second-order valence-electron chi connectivity index (χ2n) is 1.99. The Balaban J connectivity index is 3.30. The Bertz CT molecular complexity index is 70.9. The Morgan fingerprint density at radius 2 is 2.38 bits per heavy atom. The summed E-state index contributed by atoms with van der Waals surface area (Å²) in [5.74, 6) is 0.132. The second-order valence-corrected chi connectivity index (χ2v) is 1.99. The molecule has 0 saturated carbocycles. The largest absolute Gasteiger partial charge is 0.379 e. The molecule has 0 aromatic heterocycles. The molecule has 48 valence electrons. The number of hydrogen-bond donors (Lipinski definition) is 2. The smallest absolute Gasteiger partial charge is 0.105 e. The van der Waals surface area contributed by atoms with E-state index in [0.29, 0.717) is 0 Å². The van der Waals surface area contributed by atoms with Crippen LogP contribution >= 0.6 is 0 Å². The van der Waals surface area contributed by atoms with Crippen molar-refractivity contribution < 1.29 is 5.11 Å². The van der Waals surface area contributed by atoms with Crippen molar-refractivity contribution in [3.05, 3.63) is 12.7 Å². The van der Waals surface area contributed by atoms with Gasteiger partial charge in [0.2, 0.25) is 0 Å². The van der Waals surface area contributed by atoms with Crippen molar-refractivity contribution in [2.45, 2.75) is 19.6 Å². The molecular weight excluding hydrogens is 102 g/mol. The van der Waals surface area contributed by atoms with Crippen molar-refractivity contribution in [3.63, 3.8) is 0 Å². The minimum Gasteiger partial charge on any atom is -0.379 e. The van der Waals surface area contributed by atoms with Gasteiger partial charge in [-0.15, -0.1) is 6.58 Å². The van der Waals surface area contributed by atoms with Crippen LogP contribution in [0.15, 0.2) is 12.7 Å². The molecule has 0 rings (SSSR count). The number of nitrogens with two attached hydrogens (primary N) is 1. The summed E-state index contributed by atoms with van der Waals surface area (Å²) in [6, 6.07) is 0. The number of hydrogen-bond acceptors (Lipinski definition) is 2. The molecule has 2 heteroatoms. The van der Waals surface area contributed by atoms with Crippen molar-refractivity contribution in [1.29, 1.82) is 0 Å². The lowest BCUT2D eigenvalue weighted by molar-refractivity contribution is 0.125. The van der Waals surface area contributed by atoms with Gasteiger partial charge in [-0.3, -0.25) is 0 Å². The van der Waals surface area contributed by atoms with Crippen LogP contribution in [0, 0.1) is 5.92 Å². The molecule has 0 spiro atoms. The predicted molar refractivity (Wildman–Crippen MR) is 34.2 cm³/mol. The van der Waals surface area contributed by atoms with E-state index in [4.69, 9.17) is 10.8 Å². The molecule has 0 aliphatic heterocycles. The predicted octanol–water partition coefficient (Wildman–Crippen LogP) is 0.476. The van der Waals surface area contributed by atoms with E-state index in [1.165, 1.54) is 0 Å². The van der Waals surface area contributed by atoms with Crippen molar-refractivity contribution in [2.24, 2.45) is 11.7 Å². The summed E-state index contributed by atoms with van der Waals surface area (Å²) >= 11 is 0. The van der Waals surface area contributed by atoms with E-state index < -0.39 is 6.23 Å². The van der Waals surface area contributed by atoms with Gasteiger partial charge in [0.05, 0.1) is 0 Å². The van der Waals surface area contributed by atoms with Crippen molar-refractivity contribution in [2.75, 3.05) is 0 Å². The molecule has 8 heavy (non-hydrogen) atoms. The molecule has 3 N–H and O–H groups in total. The van der Waals surface area contributed by atoms with E-state index in [1.54, 1.807) is 6.08 Å². The van der Waals surface area contributed by atoms with Gasteiger partial charge in [0.25, 0.3) is 0 Å². The van der Waals surface area contributed by atoms with Crippen LogP contribution in [0.2, 0.25) is 0 Å². The molecule has 2 nitrogen and oxygen atoms in total. The van der Waals surface area contributed by atoms with Crippen molar-refractivity contribution in [3.8, 4) is 0 Å². The lowest BCUT2D eigenvalue weighted by Gasteiger charge is -2.10. The second kappa shape index (κ2) is 3.64. The maximum Gasteiger partial charge on any atom is 0.105 e. The highest BCUT2D eigenvalue weighted by Gasteiger charge is 2.04. The number of rotatable bonds is 3. The molecule has 0 aromatic carbocycles. The Labute approximate surface area is 50.0 Å². The number of aliphatic hydroxyl groups excluding tert-OH is 1. The van der Waals surface area contributed by atoms with Gasteiger partial charge in [-0.25, -0.2) is 0 Å². The van der Waals surface area contributed by atoms with E-state index in [1.807, 2.05) is 6.92 Å². The lowest BCUT2D eigenvalue weighted by atomic mass is 10.1. The molecule has 0 fully saturated rings. The molecule has 0 aliphatic rings. The SMILES string of the molecule is C=CCC(C)C(N)O. The van der Waals surface area contributed by atoms with Crippen LogP contribution in [-0.2, 0) is 0 Å². The fraction of sp³-hybridized carbons (Fsp3) is 0.667. The summed E-state index contributed by atoms with van der Waals surface area (Å²) in [5, 5.41) is 8.68. The molecule has 0 radical (unpaired) electrons. The van der Waals surface area contributed by atoms with Gasteiger partial charge in [0.15, 0.2) is 0 Å². The molecule has 0 amide bonds. The first-order valence-corrected chi connectivity index (χ1v) is 2.73. The zero-order valence-electron chi connectivity index (χ0n) is 5.17. The van der Waals surface area contributed by atoms with Gasteiger partial charge in [-0.05, 0) is 12.3 Å². The Hall–Kier alpha value is -0.340. The maximum atomic E-state index is 8.68. The molecule has 0 aliphatic carbocycles. The van der Waals surface area contributed by atoms with Crippen LogP contribution in [0.3, 0.4) is 0 Å². The molecule has 2 atom stereocenters. The van der Waals surface area contributed by atoms with Crippen LogP contribution in [0.4, 0.5) is 0 Å². The summed E-state index contributed by atoms with van der Waals surface area (Å²) in [6.07, 6.45) is 1.83. The summed E-state index contributed by atoms with van der Waals surface area (Å²) in [5.41, 5.74) is 5.13. The molecule has 0 saturated heterocycles. The summed E-state index contributed by atoms with van der Waals surface area (Å²) in [4.78, 5) is 0. The standard InChI is InChI=1S/C6H13NO/c1-3-4-5(2)6(7)8/h3,5-6,8H,1,4,7H2,2H3. The Morgan fingerprint density at radius 1 is 1.88 bits per heavy atom. The summed E-state index contributed by atoms with van der Waals surface area (Å²) < 4.78 is 0. The monoisotopic (exact) mass is 115 g/mol. The fourth-order valence-corrected chi connectivity index (χ4v) is 0.402. The van der Waals surface area contributed by atoms with Gasteiger partial charge >= 0.3 is 0 Å². The van der Waals surface area contributed by atoms with Gasteiger partial charge in [0.1, 0.15) is 6.23 Å². The van der Waals surface area contributed by atoms with E-state index in [2.05, 4.69) is 6.58 Å². The van der Waals surface area contributed by atoms with Gasteiger partial charge < -0.3 is 10.8 Å². The van der Waals surface area contributed by atoms with Crippen LogP contribution in [-0.4, -0.2) is 11.3 Å². The normalized spacial score (nSPS) is 17.4. The topological polar surface area (TPSA) is 46.2 Å². The van der Waals surface area contributed by atoms with Crippen LogP contribution in [0.25, 0.3) is 0 Å². The zero-order valence-corrected chi connectivity index (χ0v) is 5.17. The van der Waals surface area contributed by atoms with Crippen LogP contribution in [0.5, 0.6) is 0 Å². The fourth-order valence-electron chi connectivity index (χ4n) is 0.402. The van der Waals surface area contributed by atoms with Crippen LogP contribution in [0.1, 0.15) is 13.3 Å². The average Bonchev–Trinajstić information content (AvgIpc) is 1.67. The molecule has 0 aromatic rings. The summed E-state index contributed by atoms with van der Waals surface area (Å²) in [7, 11) is 0. The maximum absolute atomic E-state index is 8.68. The molecule has 2 unspecified atom stereocenters. The summed E-state index contributed by atoms with van der Waals surface area (Å²) in [6.45, 7) is 5.40. The van der Waals surface area contributed by atoms with E-state index in [0.717, 1.165) is 6.42 Å². The molecule has 0 heterocycles. The third kappa shape index (κ3) is 2.77. The first-order chi connectivity index (χ1) is 3.68. The van der Waals surface area contributed by atoms with Crippen molar-refractivity contribution >= 4 is 0 Å². The Morgan fingerprint density at radius 3 is 2.50 bits per heavy atom. The number of allylic oxidation sites excluding steroid dienone is 1. The third-order valence-electron chi connectivity index (χ3n) is 1.12. The molecular formula is C6H13NO. The van der Waals surface area contributed by atoms with Crippen LogP contribution < -0.4 is 5.73 Å². The minimum atomic E-state index is -0.701. The average molecular weight is 115 g/mol. The number of aliphatic hydroxyl groups is 1. The van der Waals surface area contributed by atoms with Gasteiger partial charge in [-0.1, -0.05) is 13.0 Å². The first kappa shape index (κ1) is 7.66.